The summed E-state index contributed by atoms with van der Waals surface area (Å²) in [6, 6.07) is -0.599. The van der Waals surface area contributed by atoms with E-state index < -0.39 is 12.1 Å². The Morgan fingerprint density at radius 2 is 1.35 bits per heavy atom. The first-order valence-electron chi connectivity index (χ1n) is 9.18. The summed E-state index contributed by atoms with van der Waals surface area (Å²) in [6.45, 7) is 8.60. The van der Waals surface area contributed by atoms with Gasteiger partial charge in [-0.3, -0.25) is 4.90 Å². The van der Waals surface area contributed by atoms with Gasteiger partial charge < -0.3 is 9.47 Å². The number of hydrogen-bond acceptors (Lipinski definition) is 4. The van der Waals surface area contributed by atoms with Gasteiger partial charge in [-0.1, -0.05) is 51.9 Å². The number of carbonyl (C=O) groups is 2. The van der Waals surface area contributed by atoms with E-state index in [1.807, 2.05) is 0 Å². The Kier molecular flexibility index (Phi) is 13.6. The molecule has 0 aliphatic rings. The van der Waals surface area contributed by atoms with Gasteiger partial charge in [-0.05, 0) is 27.2 Å². The van der Waals surface area contributed by atoms with Crippen molar-refractivity contribution in [2.75, 3.05) is 19.8 Å². The highest BCUT2D eigenvalue weighted by Crippen LogP contribution is 2.11. The van der Waals surface area contributed by atoms with Crippen molar-refractivity contribution >= 4 is 12.1 Å². The van der Waals surface area contributed by atoms with E-state index in [-0.39, 0.29) is 5.97 Å². The van der Waals surface area contributed by atoms with Crippen LogP contribution in [-0.4, -0.2) is 42.8 Å². The zero-order valence-electron chi connectivity index (χ0n) is 15.4. The van der Waals surface area contributed by atoms with Crippen LogP contribution < -0.4 is 0 Å². The molecule has 0 bridgehead atoms. The predicted octanol–water partition coefficient (Wildman–Crippen LogP) is 4.54. The fourth-order valence-corrected chi connectivity index (χ4v) is 2.46. The van der Waals surface area contributed by atoms with E-state index in [2.05, 4.69) is 6.92 Å². The Morgan fingerprint density at radius 1 is 0.826 bits per heavy atom. The molecule has 0 N–H and O–H groups in total. The summed E-state index contributed by atoms with van der Waals surface area (Å²) in [6.07, 6.45) is 9.11. The normalized spacial score (nSPS) is 11.8. The zero-order chi connectivity index (χ0) is 17.5. The van der Waals surface area contributed by atoms with Gasteiger partial charge in [0.1, 0.15) is 6.04 Å². The van der Waals surface area contributed by atoms with Gasteiger partial charge in [0.2, 0.25) is 0 Å². The molecule has 0 rings (SSSR count). The molecule has 5 nitrogen and oxygen atoms in total. The summed E-state index contributed by atoms with van der Waals surface area (Å²) in [4.78, 5) is 25.4. The third kappa shape index (κ3) is 10.2. The van der Waals surface area contributed by atoms with Crippen LogP contribution in [0, 0.1) is 0 Å². The van der Waals surface area contributed by atoms with Crippen molar-refractivity contribution in [2.24, 2.45) is 0 Å². The lowest BCUT2D eigenvalue weighted by molar-refractivity contribution is -0.148. The lowest BCUT2D eigenvalue weighted by atomic mass is 10.1. The van der Waals surface area contributed by atoms with Gasteiger partial charge in [0, 0.05) is 6.54 Å². The van der Waals surface area contributed by atoms with E-state index in [1.165, 1.54) is 43.4 Å². The minimum absolute atomic E-state index is 0.308. The van der Waals surface area contributed by atoms with Crippen LogP contribution in [0.2, 0.25) is 0 Å². The molecule has 5 heteroatoms. The van der Waals surface area contributed by atoms with Crippen LogP contribution in [0.4, 0.5) is 4.79 Å². The molecular formula is C18H35NO4. The largest absolute Gasteiger partial charge is 0.464 e. The van der Waals surface area contributed by atoms with Crippen LogP contribution in [0.1, 0.15) is 79.1 Å². The van der Waals surface area contributed by atoms with Gasteiger partial charge in [0.25, 0.3) is 0 Å². The number of esters is 1. The van der Waals surface area contributed by atoms with Crippen LogP contribution in [-0.2, 0) is 14.3 Å². The van der Waals surface area contributed by atoms with Crippen LogP contribution >= 0.6 is 0 Å². The Hall–Kier alpha value is -1.26. The smallest absolute Gasteiger partial charge is 0.410 e. The second kappa shape index (κ2) is 14.3. The van der Waals surface area contributed by atoms with Crippen molar-refractivity contribution in [1.29, 1.82) is 0 Å². The van der Waals surface area contributed by atoms with Crippen molar-refractivity contribution in [1.82, 2.24) is 4.90 Å². The van der Waals surface area contributed by atoms with Crippen molar-refractivity contribution in [2.45, 2.75) is 85.1 Å². The first-order valence-corrected chi connectivity index (χ1v) is 9.18. The van der Waals surface area contributed by atoms with Gasteiger partial charge in [-0.25, -0.2) is 9.59 Å². The number of nitrogens with zero attached hydrogens (tertiary/aromatic N) is 1. The van der Waals surface area contributed by atoms with E-state index in [9.17, 15) is 9.59 Å². The highest BCUT2D eigenvalue weighted by atomic mass is 16.6. The van der Waals surface area contributed by atoms with Gasteiger partial charge in [0.15, 0.2) is 0 Å². The fraction of sp³-hybridized carbons (Fsp3) is 0.889. The maximum Gasteiger partial charge on any atom is 0.410 e. The Bertz CT molecular complexity index is 320. The van der Waals surface area contributed by atoms with Crippen molar-refractivity contribution in [3.05, 3.63) is 0 Å². The summed E-state index contributed by atoms with van der Waals surface area (Å²) >= 11 is 0. The quantitative estimate of drug-likeness (QED) is 0.368. The summed E-state index contributed by atoms with van der Waals surface area (Å²) in [7, 11) is 0. The lowest BCUT2D eigenvalue weighted by Crippen LogP contribution is -2.44. The fourth-order valence-electron chi connectivity index (χ4n) is 2.46. The van der Waals surface area contributed by atoms with Gasteiger partial charge in [-0.15, -0.1) is 0 Å². The molecule has 1 amide bonds. The third-order valence-corrected chi connectivity index (χ3v) is 3.85. The molecule has 0 aromatic heterocycles. The molecule has 0 aromatic rings. The Morgan fingerprint density at radius 3 is 1.87 bits per heavy atom. The van der Waals surface area contributed by atoms with Crippen molar-refractivity contribution in [3.8, 4) is 0 Å². The number of amides is 1. The van der Waals surface area contributed by atoms with E-state index >= 15 is 0 Å². The number of ether oxygens (including phenoxy) is 2. The maximum atomic E-state index is 12.0. The van der Waals surface area contributed by atoms with Crippen LogP contribution in [0.25, 0.3) is 0 Å². The molecule has 136 valence electrons. The first-order chi connectivity index (χ1) is 11.1. The predicted molar refractivity (Wildman–Crippen MR) is 92.4 cm³/mol. The average molecular weight is 329 g/mol. The summed E-state index contributed by atoms with van der Waals surface area (Å²) < 4.78 is 10.1. The van der Waals surface area contributed by atoms with Gasteiger partial charge in [0.05, 0.1) is 13.2 Å². The molecule has 0 heterocycles. The zero-order valence-corrected chi connectivity index (χ0v) is 15.4. The van der Waals surface area contributed by atoms with E-state index in [4.69, 9.17) is 9.47 Å². The Labute approximate surface area is 141 Å². The maximum absolute atomic E-state index is 12.0. The second-order valence-electron chi connectivity index (χ2n) is 5.80. The molecule has 0 saturated carbocycles. The highest BCUT2D eigenvalue weighted by molar-refractivity contribution is 5.81. The molecular weight excluding hydrogens is 294 g/mol. The highest BCUT2D eigenvalue weighted by Gasteiger charge is 2.27. The molecule has 0 saturated heterocycles. The molecule has 0 spiro atoms. The van der Waals surface area contributed by atoms with E-state index in [1.54, 1.807) is 20.8 Å². The van der Waals surface area contributed by atoms with Gasteiger partial charge >= 0.3 is 12.1 Å². The van der Waals surface area contributed by atoms with Crippen LogP contribution in [0.3, 0.4) is 0 Å². The summed E-state index contributed by atoms with van der Waals surface area (Å²) in [5.41, 5.74) is 0. The van der Waals surface area contributed by atoms with Crippen molar-refractivity contribution in [3.63, 3.8) is 0 Å². The number of rotatable bonds is 13. The van der Waals surface area contributed by atoms with Gasteiger partial charge in [-0.2, -0.15) is 0 Å². The second-order valence-corrected chi connectivity index (χ2v) is 5.80. The topological polar surface area (TPSA) is 55.8 Å². The summed E-state index contributed by atoms with van der Waals surface area (Å²) in [5, 5.41) is 0. The number of hydrogen-bond donors (Lipinski definition) is 0. The molecule has 0 aromatic carbocycles. The van der Waals surface area contributed by atoms with Crippen LogP contribution in [0.15, 0.2) is 0 Å². The van der Waals surface area contributed by atoms with E-state index in [0.29, 0.717) is 19.8 Å². The molecule has 1 atom stereocenters. The minimum atomic E-state index is -0.599. The molecule has 0 aliphatic heterocycles. The third-order valence-electron chi connectivity index (χ3n) is 3.85. The Balaban J connectivity index is 4.17. The molecule has 0 aliphatic carbocycles. The average Bonchev–Trinajstić information content (AvgIpc) is 2.53. The monoisotopic (exact) mass is 329 g/mol. The molecule has 0 radical (unpaired) electrons. The molecule has 0 fully saturated rings. The number of carbonyl (C=O) groups excluding carboxylic acids is 2. The standard InChI is InChI=1S/C18H35NO4/c1-5-8-9-10-11-12-13-14-15-19(18(21)23-7-3)16(4)17(20)22-6-2/h16H,5-15H2,1-4H3. The first kappa shape index (κ1) is 21.7. The lowest BCUT2D eigenvalue weighted by Gasteiger charge is -2.26. The van der Waals surface area contributed by atoms with E-state index in [0.717, 1.165) is 12.8 Å². The molecule has 1 unspecified atom stereocenters. The molecule has 23 heavy (non-hydrogen) atoms. The van der Waals surface area contributed by atoms with Crippen LogP contribution in [0.5, 0.6) is 0 Å². The summed E-state index contributed by atoms with van der Waals surface area (Å²) in [5.74, 6) is -0.375. The SMILES string of the molecule is CCCCCCCCCCN(C(=O)OCC)C(C)C(=O)OCC. The minimum Gasteiger partial charge on any atom is -0.464 e. The van der Waals surface area contributed by atoms with Crippen molar-refractivity contribution < 1.29 is 19.1 Å². The number of unbranched alkanes of at least 4 members (excludes halogenated alkanes) is 7.